The van der Waals surface area contributed by atoms with E-state index in [9.17, 15) is 22.4 Å². The largest absolute Gasteiger partial charge is 0.357 e. The van der Waals surface area contributed by atoms with Gasteiger partial charge in [0.05, 0.1) is 10.6 Å². The molecule has 0 unspecified atom stereocenters. The van der Waals surface area contributed by atoms with E-state index in [1.54, 1.807) is 0 Å². The molecule has 2 heterocycles. The highest BCUT2D eigenvalue weighted by atomic mass is 32.2. The number of hydrogen-bond acceptors (Lipinski definition) is 5. The zero-order chi connectivity index (χ0) is 27.7. The van der Waals surface area contributed by atoms with Gasteiger partial charge >= 0.3 is 0 Å². The Balaban J connectivity index is 1.72. The van der Waals surface area contributed by atoms with Gasteiger partial charge < -0.3 is 15.2 Å². The molecule has 3 aromatic rings. The number of sulfonamides is 1. The van der Waals surface area contributed by atoms with Gasteiger partial charge in [0.15, 0.2) is 0 Å². The van der Waals surface area contributed by atoms with Crippen LogP contribution in [-0.2, 0) is 27.8 Å². The van der Waals surface area contributed by atoms with E-state index >= 15 is 0 Å². The van der Waals surface area contributed by atoms with Crippen LogP contribution < -0.4 is 10.6 Å². The van der Waals surface area contributed by atoms with Crippen molar-refractivity contribution in [1.29, 1.82) is 0 Å². The summed E-state index contributed by atoms with van der Waals surface area (Å²) < 4.78 is 43.2. The normalized spacial score (nSPS) is 15.3. The van der Waals surface area contributed by atoms with E-state index in [-0.39, 0.29) is 42.6 Å². The van der Waals surface area contributed by atoms with Crippen LogP contribution in [0.4, 0.5) is 4.39 Å². The summed E-state index contributed by atoms with van der Waals surface area (Å²) in [5.41, 5.74) is 0.960. The summed E-state index contributed by atoms with van der Waals surface area (Å²) in [5, 5.41) is 5.43. The lowest BCUT2D eigenvalue weighted by atomic mass is 9.86. The number of hydrogen-bond donors (Lipinski definition) is 2. The molecule has 0 bridgehead atoms. The van der Waals surface area contributed by atoms with Gasteiger partial charge in [-0.05, 0) is 29.7 Å². The van der Waals surface area contributed by atoms with E-state index in [2.05, 4.69) is 15.6 Å². The fourth-order valence-corrected chi connectivity index (χ4v) is 5.97. The molecule has 0 saturated carbocycles. The van der Waals surface area contributed by atoms with Gasteiger partial charge in [0, 0.05) is 38.7 Å². The van der Waals surface area contributed by atoms with Crippen molar-refractivity contribution in [2.75, 3.05) is 20.1 Å². The molecule has 38 heavy (non-hydrogen) atoms. The third-order valence-corrected chi connectivity index (χ3v) is 8.50. The molecule has 0 radical (unpaired) electrons. The van der Waals surface area contributed by atoms with Crippen molar-refractivity contribution in [2.45, 2.75) is 44.7 Å². The van der Waals surface area contributed by atoms with E-state index < -0.39 is 33.2 Å². The number of benzene rings is 2. The highest BCUT2D eigenvalue weighted by Gasteiger charge is 2.35. The van der Waals surface area contributed by atoms with Gasteiger partial charge in [-0.1, -0.05) is 51.1 Å². The summed E-state index contributed by atoms with van der Waals surface area (Å²) in [4.78, 5) is 30.8. The molecular formula is C27H32FN5O4S. The van der Waals surface area contributed by atoms with E-state index in [0.717, 1.165) is 17.7 Å². The maximum Gasteiger partial charge on any atom is 0.272 e. The van der Waals surface area contributed by atoms with E-state index in [1.807, 2.05) is 55.7 Å². The number of nitrogens with one attached hydrogen (secondary N) is 2. The number of fused-ring (bicyclic) bond motifs is 1. The molecule has 0 spiro atoms. The Morgan fingerprint density at radius 2 is 1.66 bits per heavy atom. The Labute approximate surface area is 222 Å². The molecule has 1 aliphatic heterocycles. The lowest BCUT2D eigenvalue weighted by Crippen LogP contribution is -2.53. The zero-order valence-electron chi connectivity index (χ0n) is 21.9. The van der Waals surface area contributed by atoms with Crippen LogP contribution in [0.1, 0.15) is 37.0 Å². The Morgan fingerprint density at radius 3 is 2.26 bits per heavy atom. The summed E-state index contributed by atoms with van der Waals surface area (Å²) in [6.45, 7) is 6.08. The topological polar surface area (TPSA) is 113 Å². The second-order valence-corrected chi connectivity index (χ2v) is 12.2. The standard InChI is InChI=1S/C27H32FN5O4S/c1-27(2,3)23(26(35)29-4)31-25(34)22-21-14-15-32(38(36,37)20-12-10-19(28)11-13-20)16-17-33(21)24(30-22)18-8-6-5-7-9-18/h5-13,23H,14-17H2,1-4H3,(H,29,35)(H,31,34)/t23-/m1/s1. The first-order chi connectivity index (χ1) is 17.9. The van der Waals surface area contributed by atoms with Gasteiger partial charge in [-0.2, -0.15) is 4.31 Å². The number of nitrogens with zero attached hydrogens (tertiary/aromatic N) is 3. The van der Waals surface area contributed by atoms with Crippen molar-refractivity contribution in [1.82, 2.24) is 24.5 Å². The molecule has 9 nitrogen and oxygen atoms in total. The Morgan fingerprint density at radius 1 is 1.00 bits per heavy atom. The molecule has 2 amide bonds. The maximum absolute atomic E-state index is 13.5. The van der Waals surface area contributed by atoms with Gasteiger partial charge in [-0.3, -0.25) is 9.59 Å². The summed E-state index contributed by atoms with van der Waals surface area (Å²) >= 11 is 0. The first-order valence-electron chi connectivity index (χ1n) is 12.4. The minimum Gasteiger partial charge on any atom is -0.357 e. The summed E-state index contributed by atoms with van der Waals surface area (Å²) in [6.07, 6.45) is 0.225. The van der Waals surface area contributed by atoms with Gasteiger partial charge in [0.2, 0.25) is 15.9 Å². The molecule has 2 N–H and O–H groups in total. The van der Waals surface area contributed by atoms with Gasteiger partial charge in [0.25, 0.3) is 5.91 Å². The van der Waals surface area contributed by atoms with Crippen molar-refractivity contribution < 1.29 is 22.4 Å². The van der Waals surface area contributed by atoms with Crippen molar-refractivity contribution in [3.8, 4) is 11.4 Å². The van der Waals surface area contributed by atoms with Crippen LogP contribution in [0.15, 0.2) is 59.5 Å². The van der Waals surface area contributed by atoms with Crippen LogP contribution in [0.5, 0.6) is 0 Å². The highest BCUT2D eigenvalue weighted by molar-refractivity contribution is 7.89. The van der Waals surface area contributed by atoms with E-state index in [0.29, 0.717) is 11.5 Å². The number of amides is 2. The molecule has 4 rings (SSSR count). The summed E-state index contributed by atoms with van der Waals surface area (Å²) in [6, 6.07) is 13.3. The third kappa shape index (κ3) is 5.48. The van der Waals surface area contributed by atoms with Crippen LogP contribution in [0.3, 0.4) is 0 Å². The van der Waals surface area contributed by atoms with E-state index in [1.165, 1.54) is 23.5 Å². The highest BCUT2D eigenvalue weighted by Crippen LogP contribution is 2.28. The van der Waals surface area contributed by atoms with E-state index in [4.69, 9.17) is 0 Å². The second-order valence-electron chi connectivity index (χ2n) is 10.2. The van der Waals surface area contributed by atoms with Crippen LogP contribution in [0, 0.1) is 11.2 Å². The third-order valence-electron chi connectivity index (χ3n) is 6.59. The van der Waals surface area contributed by atoms with Gasteiger partial charge in [-0.25, -0.2) is 17.8 Å². The van der Waals surface area contributed by atoms with Crippen LogP contribution in [0.2, 0.25) is 0 Å². The quantitative estimate of drug-likeness (QED) is 0.498. The van der Waals surface area contributed by atoms with Crippen LogP contribution in [0.25, 0.3) is 11.4 Å². The molecule has 1 aromatic heterocycles. The number of likely N-dealkylation sites (N-methyl/N-ethyl adjacent to an activating group) is 1. The lowest BCUT2D eigenvalue weighted by molar-refractivity contribution is -0.124. The smallest absolute Gasteiger partial charge is 0.272 e. The molecule has 0 aliphatic carbocycles. The van der Waals surface area contributed by atoms with Gasteiger partial charge in [-0.15, -0.1) is 0 Å². The number of aromatic nitrogens is 2. The molecule has 0 saturated heterocycles. The maximum atomic E-state index is 13.5. The van der Waals surface area contributed by atoms with Crippen molar-refractivity contribution >= 4 is 21.8 Å². The Hall–Kier alpha value is -3.57. The molecular weight excluding hydrogens is 509 g/mol. The van der Waals surface area contributed by atoms with Gasteiger partial charge in [0.1, 0.15) is 23.4 Å². The predicted molar refractivity (Wildman–Crippen MR) is 141 cm³/mol. The number of carbonyl (C=O) groups excluding carboxylic acids is 2. The number of halogens is 1. The molecule has 1 atom stereocenters. The fraction of sp³-hybridized carbons (Fsp3) is 0.370. The molecule has 1 aliphatic rings. The second kappa shape index (κ2) is 10.7. The minimum atomic E-state index is -3.88. The molecule has 202 valence electrons. The first-order valence-corrected chi connectivity index (χ1v) is 13.8. The van der Waals surface area contributed by atoms with Crippen molar-refractivity contribution in [2.24, 2.45) is 5.41 Å². The van der Waals surface area contributed by atoms with Crippen LogP contribution >= 0.6 is 0 Å². The number of carbonyl (C=O) groups is 2. The Bertz CT molecular complexity index is 1430. The fourth-order valence-electron chi connectivity index (χ4n) is 4.54. The number of rotatable bonds is 6. The van der Waals surface area contributed by atoms with Crippen molar-refractivity contribution in [3.63, 3.8) is 0 Å². The minimum absolute atomic E-state index is 0.00320. The van der Waals surface area contributed by atoms with Crippen LogP contribution in [-0.4, -0.2) is 60.3 Å². The SMILES string of the molecule is CNC(=O)[C@@H](NC(=O)c1nc(-c2ccccc2)n2c1CCN(S(=O)(=O)c1ccc(F)cc1)CC2)C(C)(C)C. The summed E-state index contributed by atoms with van der Waals surface area (Å²) in [5.74, 6) is -0.806. The first kappa shape index (κ1) is 27.5. The number of imidazole rings is 1. The zero-order valence-corrected chi connectivity index (χ0v) is 22.7. The molecule has 0 fully saturated rings. The van der Waals surface area contributed by atoms with Crippen molar-refractivity contribution in [3.05, 3.63) is 71.8 Å². The average Bonchev–Trinajstić information content (AvgIpc) is 3.10. The summed E-state index contributed by atoms with van der Waals surface area (Å²) in [7, 11) is -2.37. The monoisotopic (exact) mass is 541 g/mol. The Kier molecular flexibility index (Phi) is 7.70. The molecule has 2 aromatic carbocycles. The predicted octanol–water partition coefficient (Wildman–Crippen LogP) is 2.83. The average molecular weight is 542 g/mol. The lowest BCUT2D eigenvalue weighted by Gasteiger charge is -2.29. The molecule has 11 heteroatoms.